The van der Waals surface area contributed by atoms with E-state index in [9.17, 15) is 0 Å². The molecule has 0 radical (unpaired) electrons. The van der Waals surface area contributed by atoms with E-state index in [1.165, 1.54) is 58.5 Å². The Hall–Kier alpha value is -6.17. The van der Waals surface area contributed by atoms with E-state index in [1.54, 1.807) is 11.3 Å². The highest BCUT2D eigenvalue weighted by atomic mass is 32.1. The van der Waals surface area contributed by atoms with Gasteiger partial charge in [-0.05, 0) is 65.7 Å². The summed E-state index contributed by atoms with van der Waals surface area (Å²) in [5.74, 6) is 0. The fourth-order valence-electron chi connectivity index (χ4n) is 7.74. The monoisotopic (exact) mass is 631 g/mol. The molecule has 4 nitrogen and oxygen atoms in total. The number of oxazole rings is 1. The lowest BCUT2D eigenvalue weighted by molar-refractivity contribution is 0.574. The van der Waals surface area contributed by atoms with Crippen molar-refractivity contribution in [3.8, 4) is 22.8 Å². The van der Waals surface area contributed by atoms with Crippen molar-refractivity contribution in [3.05, 3.63) is 152 Å². The lowest BCUT2D eigenvalue weighted by Crippen LogP contribution is -1.94. The molecular weight excluding hydrogens is 607 g/mol. The van der Waals surface area contributed by atoms with E-state index in [0.29, 0.717) is 6.01 Å². The maximum atomic E-state index is 6.61. The largest absolute Gasteiger partial charge is 0.423 e. The molecule has 0 atom stereocenters. The Kier molecular flexibility index (Phi) is 5.23. The van der Waals surface area contributed by atoms with Gasteiger partial charge in [0, 0.05) is 47.4 Å². The van der Waals surface area contributed by atoms with Crippen LogP contribution in [0, 0.1) is 0 Å². The van der Waals surface area contributed by atoms with Crippen molar-refractivity contribution in [1.29, 1.82) is 0 Å². The lowest BCUT2D eigenvalue weighted by Gasteiger charge is -2.10. The van der Waals surface area contributed by atoms with Crippen molar-refractivity contribution in [2.24, 2.45) is 0 Å². The molecular formula is C43H25N3OS. The van der Waals surface area contributed by atoms with Gasteiger partial charge in [0.05, 0.1) is 22.1 Å². The summed E-state index contributed by atoms with van der Waals surface area (Å²) in [7, 11) is 0. The number of para-hydroxylation sites is 3. The first kappa shape index (κ1) is 26.0. The van der Waals surface area contributed by atoms with Gasteiger partial charge < -0.3 is 8.98 Å². The predicted octanol–water partition coefficient (Wildman–Crippen LogP) is 12.1. The van der Waals surface area contributed by atoms with E-state index in [-0.39, 0.29) is 0 Å². The van der Waals surface area contributed by atoms with Gasteiger partial charge in [-0.15, -0.1) is 11.3 Å². The summed E-state index contributed by atoms with van der Waals surface area (Å²) in [6.45, 7) is 0. The van der Waals surface area contributed by atoms with Gasteiger partial charge in [0.25, 0.3) is 0 Å². The van der Waals surface area contributed by atoms with Crippen LogP contribution in [-0.4, -0.2) is 14.1 Å². The summed E-state index contributed by atoms with van der Waals surface area (Å²) >= 11 is 1.80. The standard InChI is InChI=1S/C43H25N3OS/c1-2-11-27(12-3-1)45-33-17-7-4-13-29(33)30-22-21-26(25-36(30)45)28-16-10-19-35-40(28)31-14-5-8-18-34(31)46(35)43-44-42-37(47-43)23-24-39-41(42)32-15-6-9-20-38(32)48-39/h1-25H. The van der Waals surface area contributed by atoms with Crippen LogP contribution in [0.25, 0.3) is 97.7 Å². The summed E-state index contributed by atoms with van der Waals surface area (Å²) in [5, 5.41) is 7.22. The van der Waals surface area contributed by atoms with E-state index in [4.69, 9.17) is 9.40 Å². The molecule has 7 aromatic carbocycles. The molecule has 0 aliphatic rings. The second-order valence-electron chi connectivity index (χ2n) is 12.4. The highest BCUT2D eigenvalue weighted by Crippen LogP contribution is 2.43. The van der Waals surface area contributed by atoms with Crippen molar-refractivity contribution in [2.45, 2.75) is 0 Å². The molecule has 5 heteroatoms. The van der Waals surface area contributed by atoms with E-state index in [0.717, 1.165) is 33.2 Å². The van der Waals surface area contributed by atoms with Crippen molar-refractivity contribution < 1.29 is 4.42 Å². The molecule has 0 spiro atoms. The molecule has 0 aliphatic carbocycles. The van der Waals surface area contributed by atoms with Crippen LogP contribution in [0.2, 0.25) is 0 Å². The maximum Gasteiger partial charge on any atom is 0.307 e. The third kappa shape index (κ3) is 3.51. The highest BCUT2D eigenvalue weighted by Gasteiger charge is 2.22. The molecule has 0 bridgehead atoms. The Morgan fingerprint density at radius 1 is 0.479 bits per heavy atom. The fraction of sp³-hybridized carbons (Fsp3) is 0. The van der Waals surface area contributed by atoms with Crippen molar-refractivity contribution in [3.63, 3.8) is 0 Å². The first-order valence-electron chi connectivity index (χ1n) is 16.1. The van der Waals surface area contributed by atoms with Crippen LogP contribution in [-0.2, 0) is 0 Å². The van der Waals surface area contributed by atoms with Crippen molar-refractivity contribution in [1.82, 2.24) is 14.1 Å². The number of nitrogens with zero attached hydrogens (tertiary/aromatic N) is 3. The molecule has 0 amide bonds. The number of thiophene rings is 1. The number of hydrogen-bond acceptors (Lipinski definition) is 3. The third-order valence-electron chi connectivity index (χ3n) is 9.78. The predicted molar refractivity (Wildman–Crippen MR) is 201 cm³/mol. The summed E-state index contributed by atoms with van der Waals surface area (Å²) in [6, 6.07) is 54.7. The first-order chi connectivity index (χ1) is 23.8. The first-order valence-corrected chi connectivity index (χ1v) is 17.0. The smallest absolute Gasteiger partial charge is 0.307 e. The minimum absolute atomic E-state index is 0.579. The van der Waals surface area contributed by atoms with Gasteiger partial charge in [-0.1, -0.05) is 97.1 Å². The second kappa shape index (κ2) is 9.67. The van der Waals surface area contributed by atoms with Crippen LogP contribution in [0.1, 0.15) is 0 Å². The van der Waals surface area contributed by atoms with Gasteiger partial charge >= 0.3 is 6.01 Å². The van der Waals surface area contributed by atoms with Gasteiger partial charge in [0.1, 0.15) is 5.52 Å². The maximum absolute atomic E-state index is 6.61. The van der Waals surface area contributed by atoms with Gasteiger partial charge in [-0.3, -0.25) is 4.57 Å². The minimum Gasteiger partial charge on any atom is -0.423 e. The van der Waals surface area contributed by atoms with Crippen LogP contribution < -0.4 is 0 Å². The van der Waals surface area contributed by atoms with E-state index in [1.807, 2.05) is 0 Å². The molecule has 4 aromatic heterocycles. The fourth-order valence-corrected chi connectivity index (χ4v) is 8.85. The number of benzene rings is 7. The van der Waals surface area contributed by atoms with Gasteiger partial charge in [0.15, 0.2) is 5.58 Å². The number of rotatable bonds is 3. The summed E-state index contributed by atoms with van der Waals surface area (Å²) < 4.78 is 13.7. The second-order valence-corrected chi connectivity index (χ2v) is 13.4. The van der Waals surface area contributed by atoms with E-state index < -0.39 is 0 Å². The zero-order chi connectivity index (χ0) is 31.3. The SMILES string of the molecule is c1ccc(-n2c3ccccc3c3ccc(-c4cccc5c4c4ccccc4n5-c4nc5c(ccc6sc7ccccc7c65)o4)cc32)cc1. The van der Waals surface area contributed by atoms with Gasteiger partial charge in [-0.25, -0.2) is 0 Å². The number of fused-ring (bicyclic) bond motifs is 11. The lowest BCUT2D eigenvalue weighted by atomic mass is 9.98. The summed E-state index contributed by atoms with van der Waals surface area (Å²) in [5.41, 5.74) is 9.72. The molecule has 4 heterocycles. The molecule has 224 valence electrons. The quantitative estimate of drug-likeness (QED) is 0.194. The third-order valence-corrected chi connectivity index (χ3v) is 10.9. The highest BCUT2D eigenvalue weighted by molar-refractivity contribution is 7.26. The Morgan fingerprint density at radius 3 is 2.06 bits per heavy atom. The van der Waals surface area contributed by atoms with Crippen LogP contribution in [0.3, 0.4) is 0 Å². The van der Waals surface area contributed by atoms with Gasteiger partial charge in [-0.2, -0.15) is 4.98 Å². The zero-order valence-electron chi connectivity index (χ0n) is 25.6. The van der Waals surface area contributed by atoms with Crippen molar-refractivity contribution in [2.75, 3.05) is 0 Å². The van der Waals surface area contributed by atoms with Crippen LogP contribution in [0.4, 0.5) is 0 Å². The van der Waals surface area contributed by atoms with Crippen LogP contribution in [0.15, 0.2) is 156 Å². The summed E-state index contributed by atoms with van der Waals surface area (Å²) in [4.78, 5) is 5.22. The molecule has 0 N–H and O–H groups in total. The number of aromatic nitrogens is 3. The molecule has 0 aliphatic heterocycles. The average Bonchev–Trinajstić information content (AvgIpc) is 3.90. The Morgan fingerprint density at radius 2 is 1.19 bits per heavy atom. The average molecular weight is 632 g/mol. The van der Waals surface area contributed by atoms with Crippen LogP contribution in [0.5, 0.6) is 0 Å². The molecule has 0 unspecified atom stereocenters. The Labute approximate surface area is 278 Å². The normalized spacial score (nSPS) is 12.2. The molecule has 0 saturated heterocycles. The van der Waals surface area contributed by atoms with Crippen molar-refractivity contribution >= 4 is 86.2 Å². The molecule has 0 fully saturated rings. The van der Waals surface area contributed by atoms with E-state index in [2.05, 4.69) is 161 Å². The summed E-state index contributed by atoms with van der Waals surface area (Å²) in [6.07, 6.45) is 0. The minimum atomic E-state index is 0.579. The van der Waals surface area contributed by atoms with E-state index >= 15 is 0 Å². The van der Waals surface area contributed by atoms with Crippen LogP contribution >= 0.6 is 11.3 Å². The topological polar surface area (TPSA) is 35.9 Å². The molecule has 0 saturated carbocycles. The Balaban J connectivity index is 1.18. The number of hydrogen-bond donors (Lipinski definition) is 0. The molecule has 11 aromatic rings. The van der Waals surface area contributed by atoms with Gasteiger partial charge in [0.2, 0.25) is 0 Å². The zero-order valence-corrected chi connectivity index (χ0v) is 26.4. The Bertz CT molecular complexity index is 3070. The molecule has 48 heavy (non-hydrogen) atoms. The molecule has 11 rings (SSSR count).